The molecule has 1 unspecified atom stereocenters. The number of benzene rings is 1. The zero-order valence-corrected chi connectivity index (χ0v) is 6.90. The van der Waals surface area contributed by atoms with Gasteiger partial charge in [-0.1, -0.05) is 12.1 Å². The number of hydrogen-bond donors (Lipinski definition) is 2. The van der Waals surface area contributed by atoms with Crippen LogP contribution < -0.4 is 4.74 Å². The van der Waals surface area contributed by atoms with Gasteiger partial charge in [-0.2, -0.15) is 0 Å². The fourth-order valence-electron chi connectivity index (χ4n) is 0.870. The lowest BCUT2D eigenvalue weighted by Gasteiger charge is -2.08. The molecule has 0 fully saturated rings. The molecular weight excluding hydrogens is 156 g/mol. The molecule has 1 rings (SSSR count). The van der Waals surface area contributed by atoms with Crippen LogP contribution in [0, 0.1) is 0 Å². The fourth-order valence-corrected chi connectivity index (χ4v) is 0.870. The molecular formula is C9H12O3. The number of aliphatic hydroxyl groups is 2. The molecule has 3 heteroatoms. The molecule has 3 nitrogen and oxygen atoms in total. The molecule has 1 aromatic rings. The third kappa shape index (κ3) is 2.53. The molecule has 12 heavy (non-hydrogen) atoms. The summed E-state index contributed by atoms with van der Waals surface area (Å²) < 4.78 is 4.99. The highest BCUT2D eigenvalue weighted by Crippen LogP contribution is 2.12. The van der Waals surface area contributed by atoms with Crippen molar-refractivity contribution in [2.45, 2.75) is 19.8 Å². The van der Waals surface area contributed by atoms with E-state index >= 15 is 0 Å². The first-order chi connectivity index (χ1) is 5.72. The second kappa shape index (κ2) is 4.09. The third-order valence-electron chi connectivity index (χ3n) is 1.41. The topological polar surface area (TPSA) is 49.7 Å². The Hall–Kier alpha value is -1.06. The summed E-state index contributed by atoms with van der Waals surface area (Å²) >= 11 is 0. The van der Waals surface area contributed by atoms with E-state index in [9.17, 15) is 0 Å². The van der Waals surface area contributed by atoms with E-state index in [1.54, 1.807) is 31.2 Å². The minimum atomic E-state index is -0.801. The van der Waals surface area contributed by atoms with Crippen LogP contribution in [0.1, 0.15) is 12.5 Å². The van der Waals surface area contributed by atoms with Gasteiger partial charge in [-0.15, -0.1) is 0 Å². The predicted molar refractivity (Wildman–Crippen MR) is 44.7 cm³/mol. The van der Waals surface area contributed by atoms with E-state index in [2.05, 4.69) is 0 Å². The Labute approximate surface area is 71.2 Å². The van der Waals surface area contributed by atoms with E-state index in [1.165, 1.54) is 0 Å². The van der Waals surface area contributed by atoms with Crippen LogP contribution in [-0.4, -0.2) is 16.5 Å². The second-order valence-electron chi connectivity index (χ2n) is 2.52. The van der Waals surface area contributed by atoms with Crippen molar-refractivity contribution < 1.29 is 14.9 Å². The number of aliphatic hydroxyl groups excluding tert-OH is 2. The highest BCUT2D eigenvalue weighted by atomic mass is 16.6. The van der Waals surface area contributed by atoms with Gasteiger partial charge in [0.15, 0.2) is 6.29 Å². The largest absolute Gasteiger partial charge is 0.465 e. The summed E-state index contributed by atoms with van der Waals surface area (Å²) in [7, 11) is 0. The third-order valence-corrected chi connectivity index (χ3v) is 1.41. The normalized spacial score (nSPS) is 12.6. The fraction of sp³-hybridized carbons (Fsp3) is 0.333. The summed E-state index contributed by atoms with van der Waals surface area (Å²) in [6, 6.07) is 6.91. The van der Waals surface area contributed by atoms with E-state index in [4.69, 9.17) is 14.9 Å². The van der Waals surface area contributed by atoms with E-state index in [0.29, 0.717) is 5.75 Å². The van der Waals surface area contributed by atoms with Gasteiger partial charge in [-0.05, 0) is 24.6 Å². The van der Waals surface area contributed by atoms with Crippen molar-refractivity contribution in [3.63, 3.8) is 0 Å². The molecule has 0 bridgehead atoms. The molecule has 0 spiro atoms. The minimum absolute atomic E-state index is 0.0228. The predicted octanol–water partition coefficient (Wildman–Crippen LogP) is 0.896. The highest BCUT2D eigenvalue weighted by molar-refractivity contribution is 5.26. The molecule has 1 atom stereocenters. The molecule has 0 radical (unpaired) electrons. The molecule has 0 aliphatic heterocycles. The maximum Gasteiger partial charge on any atom is 0.194 e. The van der Waals surface area contributed by atoms with E-state index in [0.717, 1.165) is 5.56 Å². The first-order valence-corrected chi connectivity index (χ1v) is 3.77. The Bertz CT molecular complexity index is 228. The smallest absolute Gasteiger partial charge is 0.194 e. The van der Waals surface area contributed by atoms with E-state index < -0.39 is 6.29 Å². The van der Waals surface area contributed by atoms with Crippen LogP contribution in [0.2, 0.25) is 0 Å². The molecule has 0 heterocycles. The van der Waals surface area contributed by atoms with Crippen LogP contribution in [0.5, 0.6) is 5.75 Å². The average Bonchev–Trinajstić information content (AvgIpc) is 2.05. The minimum Gasteiger partial charge on any atom is -0.465 e. The summed E-state index contributed by atoms with van der Waals surface area (Å²) in [5.74, 6) is 0.599. The maximum absolute atomic E-state index is 8.86. The molecule has 66 valence electrons. The molecule has 0 amide bonds. The standard InChI is InChI=1S/C9H12O3/c1-7(11)12-9-4-2-8(6-10)3-5-9/h2-5,7,10-11H,6H2,1H3. The van der Waals surface area contributed by atoms with Crippen LogP contribution in [0.4, 0.5) is 0 Å². The first-order valence-electron chi connectivity index (χ1n) is 3.77. The van der Waals surface area contributed by atoms with Gasteiger partial charge in [0.1, 0.15) is 5.75 Å². The Morgan fingerprint density at radius 2 is 1.92 bits per heavy atom. The maximum atomic E-state index is 8.86. The highest BCUT2D eigenvalue weighted by Gasteiger charge is 1.97. The molecule has 0 aromatic heterocycles. The monoisotopic (exact) mass is 168 g/mol. The second-order valence-corrected chi connectivity index (χ2v) is 2.52. The van der Waals surface area contributed by atoms with E-state index in [1.807, 2.05) is 0 Å². The van der Waals surface area contributed by atoms with E-state index in [-0.39, 0.29) is 6.61 Å². The van der Waals surface area contributed by atoms with Crippen molar-refractivity contribution in [2.24, 2.45) is 0 Å². The SMILES string of the molecule is CC(O)Oc1ccc(CO)cc1. The Balaban J connectivity index is 2.65. The summed E-state index contributed by atoms with van der Waals surface area (Å²) in [6.07, 6.45) is -0.801. The lowest BCUT2D eigenvalue weighted by Crippen LogP contribution is -2.09. The van der Waals surface area contributed by atoms with Gasteiger partial charge >= 0.3 is 0 Å². The zero-order valence-electron chi connectivity index (χ0n) is 6.90. The number of rotatable bonds is 3. The number of hydrogen-bond acceptors (Lipinski definition) is 3. The Morgan fingerprint density at radius 3 is 2.33 bits per heavy atom. The van der Waals surface area contributed by atoms with Crippen LogP contribution in [0.25, 0.3) is 0 Å². The van der Waals surface area contributed by atoms with Gasteiger partial charge < -0.3 is 14.9 Å². The molecule has 1 aromatic carbocycles. The lowest BCUT2D eigenvalue weighted by atomic mass is 10.2. The van der Waals surface area contributed by atoms with Crippen molar-refractivity contribution in [2.75, 3.05) is 0 Å². The Kier molecular flexibility index (Phi) is 3.08. The van der Waals surface area contributed by atoms with Gasteiger partial charge in [0, 0.05) is 0 Å². The summed E-state index contributed by atoms with van der Waals surface area (Å²) in [4.78, 5) is 0. The van der Waals surface area contributed by atoms with Crippen molar-refractivity contribution in [3.05, 3.63) is 29.8 Å². The lowest BCUT2D eigenvalue weighted by molar-refractivity contribution is -0.000310. The van der Waals surface area contributed by atoms with Gasteiger partial charge in [0.05, 0.1) is 6.61 Å². The summed E-state index contributed by atoms with van der Waals surface area (Å²) in [6.45, 7) is 1.56. The van der Waals surface area contributed by atoms with Crippen molar-refractivity contribution in [3.8, 4) is 5.75 Å². The Morgan fingerprint density at radius 1 is 1.33 bits per heavy atom. The molecule has 0 saturated carbocycles. The quantitative estimate of drug-likeness (QED) is 0.659. The summed E-state index contributed by atoms with van der Waals surface area (Å²) in [5, 5.41) is 17.6. The van der Waals surface area contributed by atoms with Crippen LogP contribution in [0.3, 0.4) is 0 Å². The van der Waals surface area contributed by atoms with Gasteiger partial charge in [0.25, 0.3) is 0 Å². The van der Waals surface area contributed by atoms with Crippen molar-refractivity contribution in [1.82, 2.24) is 0 Å². The zero-order chi connectivity index (χ0) is 8.97. The molecule has 2 N–H and O–H groups in total. The average molecular weight is 168 g/mol. The van der Waals surface area contributed by atoms with Gasteiger partial charge in [-0.3, -0.25) is 0 Å². The molecule has 0 saturated heterocycles. The first kappa shape index (κ1) is 9.03. The van der Waals surface area contributed by atoms with Crippen LogP contribution in [0.15, 0.2) is 24.3 Å². The summed E-state index contributed by atoms with van der Waals surface area (Å²) in [5.41, 5.74) is 0.827. The van der Waals surface area contributed by atoms with Crippen molar-refractivity contribution in [1.29, 1.82) is 0 Å². The van der Waals surface area contributed by atoms with Gasteiger partial charge in [-0.25, -0.2) is 0 Å². The molecule has 0 aliphatic rings. The van der Waals surface area contributed by atoms with Gasteiger partial charge in [0.2, 0.25) is 0 Å². The van der Waals surface area contributed by atoms with Crippen LogP contribution in [-0.2, 0) is 6.61 Å². The van der Waals surface area contributed by atoms with Crippen molar-refractivity contribution >= 4 is 0 Å². The molecule has 0 aliphatic carbocycles. The van der Waals surface area contributed by atoms with Crippen LogP contribution >= 0.6 is 0 Å². The number of ether oxygens (including phenoxy) is 1.